The Morgan fingerprint density at radius 1 is 0.875 bits per heavy atom. The van der Waals surface area contributed by atoms with Crippen molar-refractivity contribution in [3.63, 3.8) is 0 Å². The lowest BCUT2D eigenvalue weighted by Crippen LogP contribution is -2.20. The van der Waals surface area contributed by atoms with Crippen LogP contribution in [0.3, 0.4) is 0 Å². The summed E-state index contributed by atoms with van der Waals surface area (Å²) < 4.78 is 0. The lowest BCUT2D eigenvalue weighted by molar-refractivity contribution is 0.351. The van der Waals surface area contributed by atoms with Crippen molar-refractivity contribution >= 4 is 0 Å². The van der Waals surface area contributed by atoms with E-state index < -0.39 is 0 Å². The first-order chi connectivity index (χ1) is 7.74. The molecule has 0 aromatic heterocycles. The predicted molar refractivity (Wildman–Crippen MR) is 74.7 cm³/mol. The van der Waals surface area contributed by atoms with E-state index in [-0.39, 0.29) is 0 Å². The molecule has 0 aromatic carbocycles. The molecule has 96 valence electrons. The van der Waals surface area contributed by atoms with E-state index in [2.05, 4.69) is 38.8 Å². The van der Waals surface area contributed by atoms with Gasteiger partial charge in [-0.15, -0.1) is 0 Å². The third kappa shape index (κ3) is 8.82. The maximum atomic E-state index is 2.53. The van der Waals surface area contributed by atoms with E-state index in [0.29, 0.717) is 0 Å². The van der Waals surface area contributed by atoms with E-state index in [1.165, 1.54) is 63.6 Å². The van der Waals surface area contributed by atoms with Crippen molar-refractivity contribution in [1.29, 1.82) is 0 Å². The number of rotatable bonds is 10. The summed E-state index contributed by atoms with van der Waals surface area (Å²) in [5.41, 5.74) is 1.51. The Morgan fingerprint density at radius 3 is 1.75 bits per heavy atom. The van der Waals surface area contributed by atoms with Crippen LogP contribution in [0.15, 0.2) is 11.8 Å². The van der Waals surface area contributed by atoms with Gasteiger partial charge in [-0.2, -0.15) is 0 Å². The third-order valence-electron chi connectivity index (χ3n) is 3.06. The van der Waals surface area contributed by atoms with Gasteiger partial charge in [0.2, 0.25) is 0 Å². The van der Waals surface area contributed by atoms with E-state index >= 15 is 0 Å². The van der Waals surface area contributed by atoms with Gasteiger partial charge < -0.3 is 4.90 Å². The molecule has 0 bridgehead atoms. The Balaban J connectivity index is 3.95. The lowest BCUT2D eigenvalue weighted by atomic mass is 10.2. The van der Waals surface area contributed by atoms with E-state index in [1.54, 1.807) is 0 Å². The van der Waals surface area contributed by atoms with Crippen LogP contribution >= 0.6 is 0 Å². The first-order valence-electron chi connectivity index (χ1n) is 7.15. The number of allylic oxidation sites excluding steroid dienone is 1. The van der Waals surface area contributed by atoms with Crippen LogP contribution in [0.25, 0.3) is 0 Å². The minimum atomic E-state index is 1.18. The summed E-state index contributed by atoms with van der Waals surface area (Å²) in [6, 6.07) is 0. The van der Waals surface area contributed by atoms with Crippen LogP contribution in [0.1, 0.15) is 72.6 Å². The molecule has 0 heterocycles. The first-order valence-corrected chi connectivity index (χ1v) is 7.15. The maximum absolute atomic E-state index is 2.53. The van der Waals surface area contributed by atoms with Gasteiger partial charge in [0.15, 0.2) is 0 Å². The van der Waals surface area contributed by atoms with Gasteiger partial charge in [0.25, 0.3) is 0 Å². The number of unbranched alkanes of at least 4 members (excludes halogenated alkanes) is 4. The molecule has 0 aliphatic heterocycles. The first kappa shape index (κ1) is 15.5. The molecule has 0 aliphatic rings. The SMILES string of the molecule is CCCCCN(C=C(C)CC)CCCCC. The fourth-order valence-electron chi connectivity index (χ4n) is 1.77. The summed E-state index contributed by atoms with van der Waals surface area (Å²) >= 11 is 0. The van der Waals surface area contributed by atoms with Crippen LogP contribution in [0.4, 0.5) is 0 Å². The molecule has 16 heavy (non-hydrogen) atoms. The molecular formula is C15H31N. The molecule has 1 nitrogen and oxygen atoms in total. The average Bonchev–Trinajstić information content (AvgIpc) is 2.29. The largest absolute Gasteiger partial charge is 0.377 e. The Morgan fingerprint density at radius 2 is 1.38 bits per heavy atom. The zero-order valence-corrected chi connectivity index (χ0v) is 11.9. The molecule has 0 saturated carbocycles. The number of hydrogen-bond acceptors (Lipinski definition) is 1. The highest BCUT2D eigenvalue weighted by Gasteiger charge is 2.00. The Bertz CT molecular complexity index is 162. The molecule has 0 aromatic rings. The van der Waals surface area contributed by atoms with Gasteiger partial charge in [-0.25, -0.2) is 0 Å². The highest BCUT2D eigenvalue weighted by Crippen LogP contribution is 2.07. The zero-order chi connectivity index (χ0) is 12.2. The van der Waals surface area contributed by atoms with Gasteiger partial charge in [0, 0.05) is 13.1 Å². The minimum Gasteiger partial charge on any atom is -0.377 e. The summed E-state index contributed by atoms with van der Waals surface area (Å²) in [6.07, 6.45) is 11.6. The van der Waals surface area contributed by atoms with Gasteiger partial charge in [-0.05, 0) is 32.4 Å². The minimum absolute atomic E-state index is 1.18. The molecule has 0 radical (unpaired) electrons. The molecule has 0 aliphatic carbocycles. The van der Waals surface area contributed by atoms with Crippen molar-refractivity contribution in [2.24, 2.45) is 0 Å². The Hall–Kier alpha value is -0.460. The van der Waals surface area contributed by atoms with E-state index in [9.17, 15) is 0 Å². The zero-order valence-electron chi connectivity index (χ0n) is 11.9. The molecular weight excluding hydrogens is 194 g/mol. The molecule has 0 saturated heterocycles. The molecule has 0 unspecified atom stereocenters. The van der Waals surface area contributed by atoms with Crippen LogP contribution in [0.5, 0.6) is 0 Å². The smallest absolute Gasteiger partial charge is 0.0172 e. The van der Waals surface area contributed by atoms with Crippen molar-refractivity contribution < 1.29 is 0 Å². The van der Waals surface area contributed by atoms with Gasteiger partial charge >= 0.3 is 0 Å². The second-order valence-corrected chi connectivity index (χ2v) is 4.78. The summed E-state index contributed by atoms with van der Waals surface area (Å²) in [5, 5.41) is 0. The van der Waals surface area contributed by atoms with Crippen LogP contribution in [0, 0.1) is 0 Å². The lowest BCUT2D eigenvalue weighted by Gasteiger charge is -2.21. The monoisotopic (exact) mass is 225 g/mol. The quantitative estimate of drug-likeness (QED) is 0.474. The fourth-order valence-corrected chi connectivity index (χ4v) is 1.77. The van der Waals surface area contributed by atoms with Gasteiger partial charge in [-0.1, -0.05) is 52.0 Å². The van der Waals surface area contributed by atoms with Crippen molar-refractivity contribution in [1.82, 2.24) is 4.90 Å². The van der Waals surface area contributed by atoms with Gasteiger partial charge in [-0.3, -0.25) is 0 Å². The van der Waals surface area contributed by atoms with Crippen molar-refractivity contribution in [2.45, 2.75) is 72.6 Å². The van der Waals surface area contributed by atoms with Crippen LogP contribution in [-0.2, 0) is 0 Å². The van der Waals surface area contributed by atoms with E-state index in [0.717, 1.165) is 0 Å². The molecule has 0 amide bonds. The molecule has 0 N–H and O–H groups in total. The summed E-state index contributed by atoms with van der Waals surface area (Å²) in [4.78, 5) is 2.53. The van der Waals surface area contributed by atoms with E-state index in [1.807, 2.05) is 0 Å². The van der Waals surface area contributed by atoms with E-state index in [4.69, 9.17) is 0 Å². The van der Waals surface area contributed by atoms with Crippen LogP contribution in [-0.4, -0.2) is 18.0 Å². The summed E-state index contributed by atoms with van der Waals surface area (Å²) in [5.74, 6) is 0. The normalized spacial score (nSPS) is 11.9. The van der Waals surface area contributed by atoms with Gasteiger partial charge in [0.05, 0.1) is 0 Å². The average molecular weight is 225 g/mol. The number of nitrogens with zero attached hydrogens (tertiary/aromatic N) is 1. The standard InChI is InChI=1S/C15H31N/c1-5-8-10-12-16(13-11-9-6-2)14-15(4)7-3/h14H,5-13H2,1-4H3. The van der Waals surface area contributed by atoms with Crippen molar-refractivity contribution in [2.75, 3.05) is 13.1 Å². The van der Waals surface area contributed by atoms with Crippen LogP contribution < -0.4 is 0 Å². The summed E-state index contributed by atoms with van der Waals surface area (Å²) in [6.45, 7) is 11.5. The highest BCUT2D eigenvalue weighted by molar-refractivity contribution is 4.96. The fraction of sp³-hybridized carbons (Fsp3) is 0.867. The molecule has 0 fully saturated rings. The third-order valence-corrected chi connectivity index (χ3v) is 3.06. The van der Waals surface area contributed by atoms with Crippen molar-refractivity contribution in [3.8, 4) is 0 Å². The Kier molecular flexibility index (Phi) is 10.7. The predicted octanol–water partition coefficient (Wildman–Crippen LogP) is 4.98. The summed E-state index contributed by atoms with van der Waals surface area (Å²) in [7, 11) is 0. The maximum Gasteiger partial charge on any atom is 0.0172 e. The molecule has 0 rings (SSSR count). The van der Waals surface area contributed by atoms with Crippen LogP contribution in [0.2, 0.25) is 0 Å². The van der Waals surface area contributed by atoms with Crippen molar-refractivity contribution in [3.05, 3.63) is 11.8 Å². The molecule has 1 heteroatoms. The van der Waals surface area contributed by atoms with Gasteiger partial charge in [0.1, 0.15) is 0 Å². The number of hydrogen-bond donors (Lipinski definition) is 0. The second-order valence-electron chi connectivity index (χ2n) is 4.78. The highest BCUT2D eigenvalue weighted by atomic mass is 15.1. The molecule has 0 spiro atoms. The second kappa shape index (κ2) is 11.0. The Labute approximate surface area is 103 Å². The molecule has 0 atom stereocenters. The topological polar surface area (TPSA) is 3.24 Å².